The fourth-order valence-corrected chi connectivity index (χ4v) is 4.82. The maximum atomic E-state index is 12.2. The number of nitrogen functional groups attached to an aromatic ring is 1. The molecule has 0 spiro atoms. The molecule has 0 fully saturated rings. The number of fused-ring (bicyclic) bond motifs is 6. The van der Waals surface area contributed by atoms with Gasteiger partial charge < -0.3 is 14.9 Å². The van der Waals surface area contributed by atoms with E-state index in [0.717, 1.165) is 48.9 Å². The van der Waals surface area contributed by atoms with E-state index in [1.54, 1.807) is 12.1 Å². The van der Waals surface area contributed by atoms with Gasteiger partial charge in [-0.25, -0.2) is 10.6 Å². The highest BCUT2D eigenvalue weighted by molar-refractivity contribution is 6.20. The maximum Gasteiger partial charge on any atom is 0.336 e. The number of benzene rings is 5. The summed E-state index contributed by atoms with van der Waals surface area (Å²) in [4.78, 5) is 12.2. The molecule has 6 aromatic rings. The number of hydrogen-bond donors (Lipinski definition) is 5. The van der Waals surface area contributed by atoms with E-state index in [1.807, 2.05) is 72.8 Å². The summed E-state index contributed by atoms with van der Waals surface area (Å²) < 4.78 is 6.63. The molecule has 0 unspecified atom stereocenters. The Labute approximate surface area is 198 Å². The Morgan fingerprint density at radius 2 is 1.43 bits per heavy atom. The van der Waals surface area contributed by atoms with Gasteiger partial charge in [0.15, 0.2) is 0 Å². The van der Waals surface area contributed by atoms with Crippen LogP contribution in [0.4, 0.5) is 5.69 Å². The fraction of sp³-hybridized carbons (Fsp3) is 0. The van der Waals surface area contributed by atoms with Crippen LogP contribution in [-0.2, 0) is 0 Å². The average Bonchev–Trinajstić information content (AvgIpc) is 2.90. The minimum Gasteiger partial charge on any atom is -0.478 e. The summed E-state index contributed by atoms with van der Waals surface area (Å²) in [7, 11) is 0. The van der Waals surface area contributed by atoms with Crippen molar-refractivity contribution in [2.45, 2.75) is 0 Å². The van der Waals surface area contributed by atoms with Gasteiger partial charge in [-0.3, -0.25) is 5.84 Å². The number of anilines is 1. The van der Waals surface area contributed by atoms with Crippen molar-refractivity contribution in [2.24, 2.45) is 11.7 Å². The van der Waals surface area contributed by atoms with Gasteiger partial charge in [-0.15, -0.1) is 5.10 Å². The zero-order valence-corrected chi connectivity index (χ0v) is 18.5. The van der Waals surface area contributed by atoms with Crippen LogP contribution in [0, 0.1) is 0 Å². The predicted octanol–water partition coefficient (Wildman–Crippen LogP) is 3.40. The molecular weight excluding hydrogens is 440 g/mol. The third-order valence-corrected chi connectivity index (χ3v) is 6.44. The van der Waals surface area contributed by atoms with Gasteiger partial charge in [-0.1, -0.05) is 30.3 Å². The Hall–Kier alpha value is -4.88. The van der Waals surface area contributed by atoms with E-state index in [1.165, 1.54) is 0 Å². The molecule has 0 aliphatic carbocycles. The first-order valence-electron chi connectivity index (χ1n) is 11.0. The molecule has 5 aromatic carbocycles. The van der Waals surface area contributed by atoms with E-state index in [4.69, 9.17) is 16.1 Å². The topological polar surface area (TPSA) is 128 Å². The molecule has 6 rings (SSSR count). The van der Waals surface area contributed by atoms with E-state index < -0.39 is 5.97 Å². The van der Waals surface area contributed by atoms with Crippen molar-refractivity contribution < 1.29 is 19.4 Å². The zero-order valence-electron chi connectivity index (χ0n) is 18.5. The molecule has 170 valence electrons. The van der Waals surface area contributed by atoms with Crippen LogP contribution in [0.15, 0.2) is 89.3 Å². The van der Waals surface area contributed by atoms with E-state index in [2.05, 4.69) is 10.5 Å². The number of aromatic carboxylic acids is 1. The molecule has 0 radical (unpaired) electrons. The van der Waals surface area contributed by atoms with Crippen LogP contribution in [0.5, 0.6) is 0 Å². The van der Waals surface area contributed by atoms with Gasteiger partial charge in [0.25, 0.3) is 0 Å². The number of nitrogens with one attached hydrogen (secondary N) is 2. The Morgan fingerprint density at radius 3 is 2.09 bits per heavy atom. The summed E-state index contributed by atoms with van der Waals surface area (Å²) in [5.74, 6) is 10.2. The van der Waals surface area contributed by atoms with Gasteiger partial charge in [0, 0.05) is 44.9 Å². The SMILES string of the molecule is NNc1ccc2c(ccc3c(-c4ccccc4C(=O)O)c4ccc5cc(=[NH+]N)ccc5c4oc32)c1. The molecule has 0 saturated heterocycles. The van der Waals surface area contributed by atoms with Crippen molar-refractivity contribution in [1.82, 2.24) is 0 Å². The van der Waals surface area contributed by atoms with Crippen molar-refractivity contribution in [3.05, 3.63) is 95.8 Å². The Morgan fingerprint density at radius 1 is 0.800 bits per heavy atom. The average molecular weight is 462 g/mol. The van der Waals surface area contributed by atoms with Crippen LogP contribution in [0.25, 0.3) is 54.6 Å². The first-order chi connectivity index (χ1) is 17.1. The highest BCUT2D eigenvalue weighted by atomic mass is 16.4. The molecule has 7 nitrogen and oxygen atoms in total. The summed E-state index contributed by atoms with van der Waals surface area (Å²) in [6.07, 6.45) is 0. The van der Waals surface area contributed by atoms with E-state index in [-0.39, 0.29) is 5.56 Å². The standard InChI is InChI=1S/C28H20N4O3/c29-31-17-7-11-19-15(13-17)5-9-23-25(21-3-1-2-4-22(21)28(33)34)24-10-6-16-14-18(32-30)8-12-20(16)27(24)35-26(19)23/h1-14,31H,29-30H2,(H,33,34)/p+1. The minimum absolute atomic E-state index is 0.229. The smallest absolute Gasteiger partial charge is 0.336 e. The van der Waals surface area contributed by atoms with Crippen LogP contribution in [0.1, 0.15) is 10.4 Å². The molecule has 1 aromatic heterocycles. The summed E-state index contributed by atoms with van der Waals surface area (Å²) in [5, 5.41) is 18.8. The highest BCUT2D eigenvalue weighted by Crippen LogP contribution is 2.42. The summed E-state index contributed by atoms with van der Waals surface area (Å²) in [5.41, 5.74) is 6.46. The molecule has 0 aliphatic heterocycles. The van der Waals surface area contributed by atoms with Gasteiger partial charge in [0.2, 0.25) is 5.36 Å². The van der Waals surface area contributed by atoms with Crippen molar-refractivity contribution in [2.75, 3.05) is 5.43 Å². The van der Waals surface area contributed by atoms with Gasteiger partial charge in [0.05, 0.1) is 5.56 Å². The molecule has 7 heteroatoms. The Kier molecular flexibility index (Phi) is 4.65. The molecule has 1 heterocycles. The van der Waals surface area contributed by atoms with Crippen LogP contribution in [0.3, 0.4) is 0 Å². The number of carboxylic acids is 1. The third-order valence-electron chi connectivity index (χ3n) is 6.44. The molecule has 0 saturated carbocycles. The number of hydrogen-bond acceptors (Lipinski definition) is 5. The largest absolute Gasteiger partial charge is 0.478 e. The number of nitrogens with two attached hydrogens (primary N) is 2. The maximum absolute atomic E-state index is 12.2. The lowest BCUT2D eigenvalue weighted by atomic mass is 9.91. The second-order valence-electron chi connectivity index (χ2n) is 8.37. The molecule has 35 heavy (non-hydrogen) atoms. The lowest BCUT2D eigenvalue weighted by Gasteiger charge is -2.16. The molecule has 0 bridgehead atoms. The van der Waals surface area contributed by atoms with Crippen LogP contribution < -0.4 is 27.6 Å². The molecule has 0 atom stereocenters. The fourth-order valence-electron chi connectivity index (χ4n) is 4.82. The lowest BCUT2D eigenvalue weighted by Crippen LogP contribution is -2.83. The summed E-state index contributed by atoms with van der Waals surface area (Å²) in [6.45, 7) is 0. The normalized spacial score (nSPS) is 12.1. The summed E-state index contributed by atoms with van der Waals surface area (Å²) in [6, 6.07) is 26.6. The van der Waals surface area contributed by atoms with Crippen molar-refractivity contribution in [3.63, 3.8) is 0 Å². The quantitative estimate of drug-likeness (QED) is 0.119. The van der Waals surface area contributed by atoms with E-state index in [0.29, 0.717) is 16.7 Å². The van der Waals surface area contributed by atoms with Gasteiger partial charge in [-0.2, -0.15) is 0 Å². The highest BCUT2D eigenvalue weighted by Gasteiger charge is 2.20. The van der Waals surface area contributed by atoms with Gasteiger partial charge >= 0.3 is 5.97 Å². The number of rotatable bonds is 3. The monoisotopic (exact) mass is 461 g/mol. The number of carbonyl (C=O) groups is 1. The van der Waals surface area contributed by atoms with Crippen LogP contribution >= 0.6 is 0 Å². The first kappa shape index (κ1) is 20.7. The lowest BCUT2D eigenvalue weighted by molar-refractivity contribution is -0.512. The number of hydrazine groups is 2. The zero-order chi connectivity index (χ0) is 24.1. The van der Waals surface area contributed by atoms with Gasteiger partial charge in [0.1, 0.15) is 11.2 Å². The third kappa shape index (κ3) is 3.18. The van der Waals surface area contributed by atoms with Crippen molar-refractivity contribution >= 4 is 55.1 Å². The molecule has 7 N–H and O–H groups in total. The van der Waals surface area contributed by atoms with Crippen LogP contribution in [0.2, 0.25) is 0 Å². The second-order valence-corrected chi connectivity index (χ2v) is 8.37. The first-order valence-corrected chi connectivity index (χ1v) is 11.0. The predicted molar refractivity (Wildman–Crippen MR) is 137 cm³/mol. The van der Waals surface area contributed by atoms with Gasteiger partial charge in [-0.05, 0) is 58.8 Å². The molecule has 0 aliphatic rings. The Bertz CT molecular complexity index is 1890. The van der Waals surface area contributed by atoms with Crippen molar-refractivity contribution in [3.8, 4) is 11.1 Å². The molecule has 0 amide bonds. The summed E-state index contributed by atoms with van der Waals surface area (Å²) >= 11 is 0. The van der Waals surface area contributed by atoms with E-state index >= 15 is 0 Å². The molecular formula is C28H21N4O3+. The Balaban J connectivity index is 1.86. The minimum atomic E-state index is -0.985. The second kappa shape index (κ2) is 7.86. The van der Waals surface area contributed by atoms with Crippen molar-refractivity contribution in [1.29, 1.82) is 0 Å². The van der Waals surface area contributed by atoms with Crippen LogP contribution in [-0.4, -0.2) is 11.1 Å². The number of carboxylic acid groups (broad SMARTS) is 1. The van der Waals surface area contributed by atoms with E-state index in [9.17, 15) is 9.90 Å².